The Labute approximate surface area is 97.1 Å². The molecule has 1 N–H and O–H groups in total. The van der Waals surface area contributed by atoms with E-state index in [0.717, 1.165) is 11.3 Å². The van der Waals surface area contributed by atoms with Crippen molar-refractivity contribution in [3.05, 3.63) is 16.1 Å². The summed E-state index contributed by atoms with van der Waals surface area (Å²) in [7, 11) is 0. The van der Waals surface area contributed by atoms with Crippen LogP contribution in [0.25, 0.3) is 0 Å². The first-order chi connectivity index (χ1) is 7.28. The lowest BCUT2D eigenvalue weighted by Gasteiger charge is -2.18. The Morgan fingerprint density at radius 2 is 2.12 bits per heavy atom. The molecule has 16 heavy (non-hydrogen) atoms. The SMILES string of the molecule is CC(C)(C)OC(=O)c1ncc(CC(=O)O)s1. The maximum atomic E-state index is 11.5. The predicted octanol–water partition coefficient (Wildman–Crippen LogP) is 1.73. The third-order valence-electron chi connectivity index (χ3n) is 1.45. The van der Waals surface area contributed by atoms with Crippen LogP contribution >= 0.6 is 11.3 Å². The van der Waals surface area contributed by atoms with E-state index >= 15 is 0 Å². The van der Waals surface area contributed by atoms with E-state index in [4.69, 9.17) is 9.84 Å². The van der Waals surface area contributed by atoms with E-state index in [0.29, 0.717) is 4.88 Å². The molecule has 6 heteroatoms. The molecule has 0 bridgehead atoms. The second-order valence-corrected chi connectivity index (χ2v) is 5.32. The van der Waals surface area contributed by atoms with Gasteiger partial charge in [-0.3, -0.25) is 4.79 Å². The third kappa shape index (κ3) is 3.98. The Bertz CT molecular complexity index is 405. The van der Waals surface area contributed by atoms with E-state index in [9.17, 15) is 9.59 Å². The van der Waals surface area contributed by atoms with Crippen molar-refractivity contribution in [3.8, 4) is 0 Å². The molecule has 0 amide bonds. The third-order valence-corrected chi connectivity index (χ3v) is 2.43. The Morgan fingerprint density at radius 3 is 2.62 bits per heavy atom. The molecule has 0 saturated carbocycles. The van der Waals surface area contributed by atoms with Crippen molar-refractivity contribution >= 4 is 23.3 Å². The number of esters is 1. The number of rotatable bonds is 3. The molecule has 1 aromatic rings. The molecule has 0 radical (unpaired) electrons. The molecule has 0 spiro atoms. The highest BCUT2D eigenvalue weighted by molar-refractivity contribution is 7.13. The number of carbonyl (C=O) groups excluding carboxylic acids is 1. The minimum absolute atomic E-state index is 0.125. The van der Waals surface area contributed by atoms with Gasteiger partial charge in [0.05, 0.1) is 6.42 Å². The van der Waals surface area contributed by atoms with Crippen LogP contribution in [0.5, 0.6) is 0 Å². The number of nitrogens with zero attached hydrogens (tertiary/aromatic N) is 1. The van der Waals surface area contributed by atoms with Gasteiger partial charge in [0.2, 0.25) is 5.01 Å². The highest BCUT2D eigenvalue weighted by Gasteiger charge is 2.20. The van der Waals surface area contributed by atoms with Gasteiger partial charge in [-0.1, -0.05) is 0 Å². The molecule has 0 aliphatic heterocycles. The fraction of sp³-hybridized carbons (Fsp3) is 0.500. The maximum Gasteiger partial charge on any atom is 0.367 e. The molecule has 1 rings (SSSR count). The fourth-order valence-corrected chi connectivity index (χ4v) is 1.73. The first kappa shape index (κ1) is 12.6. The quantitative estimate of drug-likeness (QED) is 0.818. The van der Waals surface area contributed by atoms with Gasteiger partial charge in [0.15, 0.2) is 0 Å². The van der Waals surface area contributed by atoms with Gasteiger partial charge < -0.3 is 9.84 Å². The Kier molecular flexibility index (Phi) is 3.64. The highest BCUT2D eigenvalue weighted by atomic mass is 32.1. The van der Waals surface area contributed by atoms with Crippen LogP contribution in [-0.4, -0.2) is 27.6 Å². The number of carbonyl (C=O) groups is 2. The predicted molar refractivity (Wildman–Crippen MR) is 58.6 cm³/mol. The average molecular weight is 243 g/mol. The molecule has 0 saturated heterocycles. The van der Waals surface area contributed by atoms with Gasteiger partial charge in [-0.15, -0.1) is 11.3 Å². The summed E-state index contributed by atoms with van der Waals surface area (Å²) in [4.78, 5) is 26.3. The number of aliphatic carboxylic acids is 1. The van der Waals surface area contributed by atoms with Crippen molar-refractivity contribution in [3.63, 3.8) is 0 Å². The summed E-state index contributed by atoms with van der Waals surface area (Å²) in [6, 6.07) is 0. The monoisotopic (exact) mass is 243 g/mol. The molecule has 0 aliphatic rings. The van der Waals surface area contributed by atoms with Gasteiger partial charge in [0.25, 0.3) is 0 Å². The zero-order chi connectivity index (χ0) is 12.3. The first-order valence-corrected chi connectivity index (χ1v) is 5.49. The van der Waals surface area contributed by atoms with E-state index in [1.165, 1.54) is 6.20 Å². The van der Waals surface area contributed by atoms with Crippen molar-refractivity contribution in [1.29, 1.82) is 0 Å². The van der Waals surface area contributed by atoms with Crippen molar-refractivity contribution < 1.29 is 19.4 Å². The number of carboxylic acids is 1. The van der Waals surface area contributed by atoms with Crippen LogP contribution in [0.15, 0.2) is 6.20 Å². The number of hydrogen-bond acceptors (Lipinski definition) is 5. The fourth-order valence-electron chi connectivity index (χ4n) is 0.954. The number of ether oxygens (including phenoxy) is 1. The molecule has 0 aromatic carbocycles. The summed E-state index contributed by atoms with van der Waals surface area (Å²) < 4.78 is 5.10. The van der Waals surface area contributed by atoms with Gasteiger partial charge in [-0.25, -0.2) is 9.78 Å². The van der Waals surface area contributed by atoms with Crippen LogP contribution in [0, 0.1) is 0 Å². The average Bonchev–Trinajstić information content (AvgIpc) is 2.48. The van der Waals surface area contributed by atoms with Gasteiger partial charge in [-0.05, 0) is 20.8 Å². The second-order valence-electron chi connectivity index (χ2n) is 4.20. The summed E-state index contributed by atoms with van der Waals surface area (Å²) in [6.07, 6.45) is 1.26. The number of thiazole rings is 1. The van der Waals surface area contributed by atoms with Crippen molar-refractivity contribution in [1.82, 2.24) is 4.98 Å². The topological polar surface area (TPSA) is 76.5 Å². The van der Waals surface area contributed by atoms with Crippen LogP contribution in [0.4, 0.5) is 0 Å². The van der Waals surface area contributed by atoms with Crippen molar-refractivity contribution in [2.45, 2.75) is 32.8 Å². The molecule has 0 unspecified atom stereocenters. The number of hydrogen-bond donors (Lipinski definition) is 1. The zero-order valence-corrected chi connectivity index (χ0v) is 10.1. The summed E-state index contributed by atoms with van der Waals surface area (Å²) >= 11 is 1.04. The summed E-state index contributed by atoms with van der Waals surface area (Å²) in [5.74, 6) is -1.46. The van der Waals surface area contributed by atoms with Crippen molar-refractivity contribution in [2.75, 3.05) is 0 Å². The molecular formula is C10H13NO4S. The van der Waals surface area contributed by atoms with E-state index < -0.39 is 17.5 Å². The van der Waals surface area contributed by atoms with E-state index in [1.54, 1.807) is 20.8 Å². The Hall–Kier alpha value is -1.43. The molecule has 88 valence electrons. The summed E-state index contributed by atoms with van der Waals surface area (Å²) in [5, 5.41) is 8.75. The minimum atomic E-state index is -0.945. The molecule has 0 atom stereocenters. The summed E-state index contributed by atoms with van der Waals surface area (Å²) in [5.41, 5.74) is -0.574. The lowest BCUT2D eigenvalue weighted by Crippen LogP contribution is -2.23. The molecule has 5 nitrogen and oxygen atoms in total. The standard InChI is InChI=1S/C10H13NO4S/c1-10(2,3)15-9(14)8-11-5-6(16-8)4-7(12)13/h5H,4H2,1-3H3,(H,12,13). The largest absolute Gasteiger partial charge is 0.481 e. The van der Waals surface area contributed by atoms with Crippen LogP contribution in [0.1, 0.15) is 35.5 Å². The number of carboxylic acid groups (broad SMARTS) is 1. The molecule has 1 heterocycles. The van der Waals surface area contributed by atoms with E-state index in [2.05, 4.69) is 4.98 Å². The lowest BCUT2D eigenvalue weighted by atomic mass is 10.2. The Balaban J connectivity index is 2.71. The normalized spacial score (nSPS) is 11.2. The molecule has 0 aliphatic carbocycles. The molecular weight excluding hydrogens is 230 g/mol. The molecule has 1 aromatic heterocycles. The smallest absolute Gasteiger partial charge is 0.367 e. The maximum absolute atomic E-state index is 11.5. The zero-order valence-electron chi connectivity index (χ0n) is 9.31. The van der Waals surface area contributed by atoms with Gasteiger partial charge in [0, 0.05) is 11.1 Å². The summed E-state index contributed by atoms with van der Waals surface area (Å²) in [6.45, 7) is 5.28. The first-order valence-electron chi connectivity index (χ1n) is 4.68. The van der Waals surface area contributed by atoms with E-state index in [1.807, 2.05) is 0 Å². The van der Waals surface area contributed by atoms with E-state index in [-0.39, 0.29) is 11.4 Å². The van der Waals surface area contributed by atoms with Crippen LogP contribution in [-0.2, 0) is 16.0 Å². The van der Waals surface area contributed by atoms with Gasteiger partial charge in [0.1, 0.15) is 5.60 Å². The second kappa shape index (κ2) is 4.61. The number of aromatic nitrogens is 1. The highest BCUT2D eigenvalue weighted by Crippen LogP contribution is 2.17. The van der Waals surface area contributed by atoms with Crippen LogP contribution in [0.3, 0.4) is 0 Å². The minimum Gasteiger partial charge on any atom is -0.481 e. The Morgan fingerprint density at radius 1 is 1.50 bits per heavy atom. The van der Waals surface area contributed by atoms with Crippen LogP contribution < -0.4 is 0 Å². The molecule has 0 fully saturated rings. The van der Waals surface area contributed by atoms with Gasteiger partial charge >= 0.3 is 11.9 Å². The van der Waals surface area contributed by atoms with Gasteiger partial charge in [-0.2, -0.15) is 0 Å². The lowest BCUT2D eigenvalue weighted by molar-refractivity contribution is -0.136. The van der Waals surface area contributed by atoms with Crippen LogP contribution in [0.2, 0.25) is 0 Å². The van der Waals surface area contributed by atoms with Crippen molar-refractivity contribution in [2.24, 2.45) is 0 Å².